The summed E-state index contributed by atoms with van der Waals surface area (Å²) in [4.78, 5) is 50.9. The second kappa shape index (κ2) is 10.4. The highest BCUT2D eigenvalue weighted by Gasteiger charge is 2.44. The van der Waals surface area contributed by atoms with Crippen molar-refractivity contribution in [2.24, 2.45) is 22.9 Å². The second-order valence-corrected chi connectivity index (χ2v) is 9.46. The third-order valence-electron chi connectivity index (χ3n) is 5.42. The molecule has 1 saturated heterocycles. The van der Waals surface area contributed by atoms with Gasteiger partial charge >= 0.3 is 12.1 Å². The van der Waals surface area contributed by atoms with E-state index in [1.165, 1.54) is 11.8 Å². The molecule has 1 aromatic carbocycles. The molecule has 1 aliphatic carbocycles. The highest BCUT2D eigenvalue weighted by Crippen LogP contribution is 2.25. The molecule has 0 spiro atoms. The SMILES string of the molecule is CC1C=C(NC2N(N)C(=O)N(C[C@H](C)C(=O)N=O)C(=O)N2Cc2ccc(Cl)cc2)C=CC1Br. The third kappa shape index (κ3) is 5.60. The summed E-state index contributed by atoms with van der Waals surface area (Å²) in [6, 6.07) is 5.44. The molecule has 0 saturated carbocycles. The zero-order chi connectivity index (χ0) is 24.3. The maximum absolute atomic E-state index is 13.4. The number of nitroso groups, excluding NO2 is 1. The summed E-state index contributed by atoms with van der Waals surface area (Å²) in [5.41, 5.74) is 1.45. The molecule has 5 amide bonds. The lowest BCUT2D eigenvalue weighted by molar-refractivity contribution is -0.121. The molecular weight excluding hydrogens is 516 g/mol. The van der Waals surface area contributed by atoms with Crippen LogP contribution in [0.2, 0.25) is 5.02 Å². The Labute approximate surface area is 204 Å². The molecule has 33 heavy (non-hydrogen) atoms. The Balaban J connectivity index is 1.91. The number of hydrogen-bond acceptors (Lipinski definition) is 6. The topological polar surface area (TPSA) is 128 Å². The fourth-order valence-electron chi connectivity index (χ4n) is 3.47. The Bertz CT molecular complexity index is 1000. The number of nitrogens with zero attached hydrogens (tertiary/aromatic N) is 4. The van der Waals surface area contributed by atoms with E-state index in [-0.39, 0.29) is 23.8 Å². The number of carbonyl (C=O) groups excluding carboxylic acids is 3. The largest absolute Gasteiger partial charge is 0.347 e. The van der Waals surface area contributed by atoms with Crippen LogP contribution >= 0.6 is 27.5 Å². The van der Waals surface area contributed by atoms with Crippen molar-refractivity contribution in [3.63, 3.8) is 0 Å². The average molecular weight is 540 g/mol. The predicted molar refractivity (Wildman–Crippen MR) is 127 cm³/mol. The van der Waals surface area contributed by atoms with Crippen LogP contribution in [0.1, 0.15) is 19.4 Å². The number of hydrazine groups is 1. The number of benzene rings is 1. The third-order valence-corrected chi connectivity index (χ3v) is 6.81. The van der Waals surface area contributed by atoms with Crippen molar-refractivity contribution >= 4 is 45.5 Å². The summed E-state index contributed by atoms with van der Waals surface area (Å²) in [6.07, 6.45) is 4.76. The maximum Gasteiger partial charge on any atom is 0.345 e. The van der Waals surface area contributed by atoms with Gasteiger partial charge in [-0.05, 0) is 29.7 Å². The van der Waals surface area contributed by atoms with Crippen LogP contribution in [0.25, 0.3) is 0 Å². The number of nitrogens with one attached hydrogen (secondary N) is 1. The summed E-state index contributed by atoms with van der Waals surface area (Å²) in [5, 5.41) is 6.98. The Hall–Kier alpha value is -2.76. The van der Waals surface area contributed by atoms with E-state index in [9.17, 15) is 19.3 Å². The first-order chi connectivity index (χ1) is 15.6. The van der Waals surface area contributed by atoms with Gasteiger partial charge in [0.25, 0.3) is 5.91 Å². The number of amides is 5. The summed E-state index contributed by atoms with van der Waals surface area (Å²) >= 11 is 9.53. The maximum atomic E-state index is 13.4. The van der Waals surface area contributed by atoms with Gasteiger partial charge in [-0.1, -0.05) is 65.7 Å². The van der Waals surface area contributed by atoms with Crippen molar-refractivity contribution in [3.8, 4) is 0 Å². The van der Waals surface area contributed by atoms with E-state index in [2.05, 4.69) is 26.4 Å². The van der Waals surface area contributed by atoms with Crippen molar-refractivity contribution in [2.45, 2.75) is 31.5 Å². The molecule has 176 valence electrons. The molecule has 10 nitrogen and oxygen atoms in total. The first-order valence-corrected chi connectivity index (χ1v) is 11.5. The number of urea groups is 2. The van der Waals surface area contributed by atoms with Gasteiger partial charge in [-0.15, -0.1) is 4.91 Å². The number of nitrogens with two attached hydrogens (primary N) is 1. The lowest BCUT2D eigenvalue weighted by Crippen LogP contribution is -2.72. The molecule has 12 heteroatoms. The summed E-state index contributed by atoms with van der Waals surface area (Å²) in [6.45, 7) is 3.21. The normalized spacial score (nSPS) is 24.0. The molecule has 3 rings (SSSR count). The van der Waals surface area contributed by atoms with Gasteiger partial charge in [-0.25, -0.2) is 25.3 Å². The molecule has 3 N–H and O–H groups in total. The van der Waals surface area contributed by atoms with Crippen LogP contribution < -0.4 is 11.2 Å². The summed E-state index contributed by atoms with van der Waals surface area (Å²) < 4.78 is 0. The van der Waals surface area contributed by atoms with E-state index < -0.39 is 30.2 Å². The van der Waals surface area contributed by atoms with Gasteiger partial charge in [-0.2, -0.15) is 0 Å². The van der Waals surface area contributed by atoms with Crippen molar-refractivity contribution < 1.29 is 14.4 Å². The number of hydrogen-bond donors (Lipinski definition) is 2. The lowest BCUT2D eigenvalue weighted by Gasteiger charge is -2.46. The van der Waals surface area contributed by atoms with E-state index in [0.29, 0.717) is 10.7 Å². The fraction of sp³-hybridized carbons (Fsp3) is 0.381. The van der Waals surface area contributed by atoms with Crippen molar-refractivity contribution in [3.05, 3.63) is 63.7 Å². The van der Waals surface area contributed by atoms with Gasteiger partial charge in [-0.3, -0.25) is 9.69 Å². The molecule has 1 heterocycles. The van der Waals surface area contributed by atoms with Crippen LogP contribution in [0.15, 0.2) is 53.4 Å². The van der Waals surface area contributed by atoms with E-state index in [1.54, 1.807) is 24.3 Å². The van der Waals surface area contributed by atoms with Crippen LogP contribution in [-0.2, 0) is 11.3 Å². The quantitative estimate of drug-likeness (QED) is 0.236. The molecule has 1 aromatic rings. The van der Waals surface area contributed by atoms with E-state index >= 15 is 0 Å². The molecule has 2 aliphatic rings. The first-order valence-electron chi connectivity index (χ1n) is 10.2. The first kappa shape index (κ1) is 24.9. The van der Waals surface area contributed by atoms with Crippen molar-refractivity contribution in [1.82, 2.24) is 20.1 Å². The van der Waals surface area contributed by atoms with Gasteiger partial charge in [0.05, 0.1) is 12.5 Å². The van der Waals surface area contributed by atoms with Crippen LogP contribution in [0.4, 0.5) is 9.59 Å². The van der Waals surface area contributed by atoms with Crippen LogP contribution in [0.5, 0.6) is 0 Å². The Kier molecular flexibility index (Phi) is 7.88. The Morgan fingerprint density at radius 3 is 2.55 bits per heavy atom. The van der Waals surface area contributed by atoms with Crippen LogP contribution in [-0.4, -0.2) is 50.4 Å². The predicted octanol–water partition coefficient (Wildman–Crippen LogP) is 3.53. The number of halogens is 2. The monoisotopic (exact) mass is 538 g/mol. The molecule has 1 aliphatic heterocycles. The lowest BCUT2D eigenvalue weighted by atomic mass is 10.0. The van der Waals surface area contributed by atoms with E-state index in [0.717, 1.165) is 15.5 Å². The van der Waals surface area contributed by atoms with Gasteiger partial charge in [0.2, 0.25) is 6.29 Å². The molecule has 3 unspecified atom stereocenters. The Morgan fingerprint density at radius 1 is 1.27 bits per heavy atom. The molecule has 0 aromatic heterocycles. The second-order valence-electron chi connectivity index (χ2n) is 7.97. The highest BCUT2D eigenvalue weighted by atomic mass is 79.9. The molecule has 0 bridgehead atoms. The highest BCUT2D eigenvalue weighted by molar-refractivity contribution is 9.09. The zero-order valence-electron chi connectivity index (χ0n) is 18.0. The van der Waals surface area contributed by atoms with Gasteiger partial charge in [0.1, 0.15) is 0 Å². The molecular formula is C21H24BrClN6O4. The number of rotatable bonds is 7. The minimum Gasteiger partial charge on any atom is -0.347 e. The van der Waals surface area contributed by atoms with Gasteiger partial charge < -0.3 is 5.32 Å². The van der Waals surface area contributed by atoms with E-state index in [4.69, 9.17) is 17.4 Å². The standard InChI is InChI=1S/C21H24BrClN6O4/c1-12-9-16(7-8-17(12)22)25-19-27(11-14-3-5-15(23)6-4-14)20(31)28(21(32)29(19)24)10-13(2)18(30)26-33/h3-9,12-13,17,19,25H,10-11,24H2,1-2H3/t12?,13-,17?,19?/m0/s1. The zero-order valence-corrected chi connectivity index (χ0v) is 20.4. The van der Waals surface area contributed by atoms with Crippen LogP contribution in [0, 0.1) is 16.7 Å². The van der Waals surface area contributed by atoms with E-state index in [1.807, 2.05) is 25.2 Å². The summed E-state index contributed by atoms with van der Waals surface area (Å²) in [7, 11) is 0. The van der Waals surface area contributed by atoms with Crippen LogP contribution in [0.3, 0.4) is 0 Å². The smallest absolute Gasteiger partial charge is 0.345 e. The molecule has 1 fully saturated rings. The van der Waals surface area contributed by atoms with Gasteiger partial charge in [0, 0.05) is 27.3 Å². The minimum atomic E-state index is -0.998. The van der Waals surface area contributed by atoms with Crippen molar-refractivity contribution in [1.29, 1.82) is 0 Å². The number of allylic oxidation sites excluding steroid dienone is 3. The van der Waals surface area contributed by atoms with Gasteiger partial charge in [0.15, 0.2) is 0 Å². The number of alkyl halides is 1. The molecule has 4 atom stereocenters. The summed E-state index contributed by atoms with van der Waals surface area (Å²) in [5.74, 6) is 4.38. The fourth-order valence-corrected chi connectivity index (χ4v) is 3.90. The Morgan fingerprint density at radius 2 is 1.94 bits per heavy atom. The average Bonchev–Trinajstić information content (AvgIpc) is 2.80. The van der Waals surface area contributed by atoms with Crippen molar-refractivity contribution in [2.75, 3.05) is 6.54 Å². The minimum absolute atomic E-state index is 0.104. The number of carbonyl (C=O) groups is 3. The molecule has 0 radical (unpaired) electrons. The number of imide groups is 1.